The molecule has 0 spiro atoms. The first-order valence-electron chi connectivity index (χ1n) is 6.63. The normalized spacial score (nSPS) is 18.7. The van der Waals surface area contributed by atoms with Gasteiger partial charge in [-0.1, -0.05) is 0 Å². The molecule has 0 unspecified atom stereocenters. The van der Waals surface area contributed by atoms with Gasteiger partial charge in [0.1, 0.15) is 11.6 Å². The van der Waals surface area contributed by atoms with Gasteiger partial charge in [0.05, 0.1) is 7.11 Å². The summed E-state index contributed by atoms with van der Waals surface area (Å²) in [6.45, 7) is 2.21. The quantitative estimate of drug-likeness (QED) is 0.813. The van der Waals surface area contributed by atoms with Crippen LogP contribution in [0.5, 0.6) is 0 Å². The fourth-order valence-corrected chi connectivity index (χ4v) is 2.45. The van der Waals surface area contributed by atoms with E-state index < -0.39 is 23.5 Å². The lowest BCUT2D eigenvalue weighted by molar-refractivity contribution is -0.147. The van der Waals surface area contributed by atoms with Crippen molar-refractivity contribution in [2.75, 3.05) is 13.7 Å². The van der Waals surface area contributed by atoms with Crippen LogP contribution in [0.25, 0.3) is 0 Å². The average molecular weight is 278 g/mol. The number of piperidine rings is 1. The molecule has 1 aliphatic rings. The van der Waals surface area contributed by atoms with Gasteiger partial charge in [-0.05, 0) is 38.3 Å². The minimum absolute atomic E-state index is 0.0615. The van der Waals surface area contributed by atoms with E-state index in [1.165, 1.54) is 18.1 Å². The number of aromatic amines is 1. The van der Waals surface area contributed by atoms with Crippen molar-refractivity contribution in [1.29, 1.82) is 0 Å². The molecule has 1 atom stereocenters. The molecule has 2 heterocycles. The van der Waals surface area contributed by atoms with Gasteiger partial charge in [0.25, 0.3) is 11.5 Å². The zero-order chi connectivity index (χ0) is 14.7. The number of nitrogens with one attached hydrogen (secondary N) is 1. The molecule has 0 saturated carbocycles. The topological polar surface area (TPSA) is 79.5 Å². The van der Waals surface area contributed by atoms with Gasteiger partial charge in [0.15, 0.2) is 0 Å². The smallest absolute Gasteiger partial charge is 0.328 e. The molecule has 1 amide bonds. The SMILES string of the molecule is COC(=O)[C@H]1CCCCN1C(=O)c1ccc(C)[nH]c1=O. The number of nitrogens with zero attached hydrogens (tertiary/aromatic N) is 1. The summed E-state index contributed by atoms with van der Waals surface area (Å²) >= 11 is 0. The average Bonchev–Trinajstić information content (AvgIpc) is 2.46. The maximum Gasteiger partial charge on any atom is 0.328 e. The number of methoxy groups -OCH3 is 1. The number of hydrogen-bond donors (Lipinski definition) is 1. The van der Waals surface area contributed by atoms with Gasteiger partial charge in [-0.3, -0.25) is 9.59 Å². The van der Waals surface area contributed by atoms with Crippen LogP contribution in [0, 0.1) is 6.92 Å². The Kier molecular flexibility index (Phi) is 4.22. The molecule has 1 N–H and O–H groups in total. The number of rotatable bonds is 2. The Labute approximate surface area is 116 Å². The molecule has 1 aromatic heterocycles. The highest BCUT2D eigenvalue weighted by Gasteiger charge is 2.34. The first kappa shape index (κ1) is 14.3. The Hall–Kier alpha value is -2.11. The maximum atomic E-state index is 12.5. The molecule has 0 aromatic carbocycles. The number of H-pyrrole nitrogens is 1. The molecule has 6 heteroatoms. The lowest BCUT2D eigenvalue weighted by Crippen LogP contribution is -2.49. The maximum absolute atomic E-state index is 12.5. The standard InChI is InChI=1S/C14H18N2O4/c1-9-6-7-10(12(17)15-9)13(18)16-8-4-3-5-11(16)14(19)20-2/h6-7,11H,3-5,8H2,1-2H3,(H,15,17)/t11-/m1/s1. The van der Waals surface area contributed by atoms with E-state index in [1.807, 2.05) is 0 Å². The second-order valence-corrected chi connectivity index (χ2v) is 4.92. The van der Waals surface area contributed by atoms with Crippen LogP contribution in [0.2, 0.25) is 0 Å². The Morgan fingerprint density at radius 3 is 2.75 bits per heavy atom. The van der Waals surface area contributed by atoms with Gasteiger partial charge in [0.2, 0.25) is 0 Å². The van der Waals surface area contributed by atoms with Gasteiger partial charge >= 0.3 is 5.97 Å². The first-order valence-corrected chi connectivity index (χ1v) is 6.63. The molecule has 1 saturated heterocycles. The monoisotopic (exact) mass is 278 g/mol. The zero-order valence-electron chi connectivity index (χ0n) is 11.6. The van der Waals surface area contributed by atoms with E-state index in [0.29, 0.717) is 18.7 Å². The fourth-order valence-electron chi connectivity index (χ4n) is 2.45. The van der Waals surface area contributed by atoms with Crippen LogP contribution in [-0.2, 0) is 9.53 Å². The number of likely N-dealkylation sites (tertiary alicyclic amines) is 1. The summed E-state index contributed by atoms with van der Waals surface area (Å²) in [5.74, 6) is -0.844. The summed E-state index contributed by atoms with van der Waals surface area (Å²) in [5, 5.41) is 0. The summed E-state index contributed by atoms with van der Waals surface area (Å²) in [7, 11) is 1.30. The third-order valence-electron chi connectivity index (χ3n) is 3.52. The van der Waals surface area contributed by atoms with Gasteiger partial charge in [0, 0.05) is 12.2 Å². The number of pyridine rings is 1. The van der Waals surface area contributed by atoms with E-state index in [1.54, 1.807) is 13.0 Å². The second kappa shape index (κ2) is 5.90. The Morgan fingerprint density at radius 1 is 1.35 bits per heavy atom. The van der Waals surface area contributed by atoms with Gasteiger partial charge in [-0.15, -0.1) is 0 Å². The Bertz CT molecular complexity index is 579. The predicted molar refractivity (Wildman–Crippen MR) is 72.5 cm³/mol. The number of ether oxygens (including phenoxy) is 1. The van der Waals surface area contributed by atoms with E-state index in [0.717, 1.165) is 12.8 Å². The highest BCUT2D eigenvalue weighted by Crippen LogP contribution is 2.19. The summed E-state index contributed by atoms with van der Waals surface area (Å²) in [4.78, 5) is 40.1. The van der Waals surface area contributed by atoms with Crippen molar-refractivity contribution < 1.29 is 14.3 Å². The third kappa shape index (κ3) is 2.74. The lowest BCUT2D eigenvalue weighted by Gasteiger charge is -2.33. The fraction of sp³-hybridized carbons (Fsp3) is 0.500. The predicted octanol–water partition coefficient (Wildman–Crippen LogP) is 0.851. The number of aromatic nitrogens is 1. The third-order valence-corrected chi connectivity index (χ3v) is 3.52. The second-order valence-electron chi connectivity index (χ2n) is 4.92. The number of esters is 1. The summed E-state index contributed by atoms with van der Waals surface area (Å²) in [6.07, 6.45) is 2.26. The summed E-state index contributed by atoms with van der Waals surface area (Å²) in [6, 6.07) is 2.58. The van der Waals surface area contributed by atoms with Crippen molar-refractivity contribution in [1.82, 2.24) is 9.88 Å². The van der Waals surface area contributed by atoms with E-state index >= 15 is 0 Å². The molecule has 0 radical (unpaired) electrons. The minimum atomic E-state index is -0.595. The van der Waals surface area contributed by atoms with Crippen molar-refractivity contribution in [3.8, 4) is 0 Å². The van der Waals surface area contributed by atoms with Crippen molar-refractivity contribution >= 4 is 11.9 Å². The largest absolute Gasteiger partial charge is 0.467 e. The van der Waals surface area contributed by atoms with E-state index in [2.05, 4.69) is 4.98 Å². The highest BCUT2D eigenvalue weighted by molar-refractivity contribution is 5.96. The van der Waals surface area contributed by atoms with Crippen LogP contribution in [0.3, 0.4) is 0 Å². The van der Waals surface area contributed by atoms with Crippen LogP contribution in [0.4, 0.5) is 0 Å². The molecule has 20 heavy (non-hydrogen) atoms. The van der Waals surface area contributed by atoms with Gasteiger partial charge in [-0.25, -0.2) is 4.79 Å². The molecule has 1 aromatic rings. The highest BCUT2D eigenvalue weighted by atomic mass is 16.5. The van der Waals surface area contributed by atoms with Crippen molar-refractivity contribution in [2.24, 2.45) is 0 Å². The zero-order valence-corrected chi connectivity index (χ0v) is 11.6. The van der Waals surface area contributed by atoms with E-state index in [4.69, 9.17) is 4.74 Å². The summed E-state index contributed by atoms with van der Waals surface area (Å²) in [5.41, 5.74) is 0.324. The van der Waals surface area contributed by atoms with Crippen LogP contribution < -0.4 is 5.56 Å². The van der Waals surface area contributed by atoms with Crippen molar-refractivity contribution in [3.63, 3.8) is 0 Å². The van der Waals surface area contributed by atoms with Crippen molar-refractivity contribution in [2.45, 2.75) is 32.2 Å². The molecular weight excluding hydrogens is 260 g/mol. The first-order chi connectivity index (χ1) is 9.54. The molecule has 1 fully saturated rings. The van der Waals surface area contributed by atoms with Gasteiger partial charge in [-0.2, -0.15) is 0 Å². The Morgan fingerprint density at radius 2 is 2.10 bits per heavy atom. The number of amides is 1. The molecule has 6 nitrogen and oxygen atoms in total. The van der Waals surface area contributed by atoms with Crippen molar-refractivity contribution in [3.05, 3.63) is 33.7 Å². The number of carbonyl (C=O) groups is 2. The Balaban J connectivity index is 2.30. The molecule has 0 bridgehead atoms. The molecule has 1 aliphatic heterocycles. The summed E-state index contributed by atoms with van der Waals surface area (Å²) < 4.78 is 4.74. The molecular formula is C14H18N2O4. The minimum Gasteiger partial charge on any atom is -0.467 e. The van der Waals surface area contributed by atoms with Crippen LogP contribution in [0.1, 0.15) is 35.3 Å². The molecule has 2 rings (SSSR count). The van der Waals surface area contributed by atoms with E-state index in [-0.39, 0.29) is 5.56 Å². The van der Waals surface area contributed by atoms with Crippen LogP contribution >= 0.6 is 0 Å². The molecule has 108 valence electrons. The van der Waals surface area contributed by atoms with Crippen LogP contribution in [0.15, 0.2) is 16.9 Å². The lowest BCUT2D eigenvalue weighted by atomic mass is 10.0. The number of aryl methyl sites for hydroxylation is 1. The van der Waals surface area contributed by atoms with E-state index in [9.17, 15) is 14.4 Å². The molecule has 0 aliphatic carbocycles. The number of hydrogen-bond acceptors (Lipinski definition) is 4. The van der Waals surface area contributed by atoms with Crippen LogP contribution in [-0.4, -0.2) is 41.5 Å². The number of carbonyl (C=O) groups excluding carboxylic acids is 2. The van der Waals surface area contributed by atoms with Gasteiger partial charge < -0.3 is 14.6 Å².